The van der Waals surface area contributed by atoms with Gasteiger partial charge in [-0.25, -0.2) is 9.59 Å². The molecular formula is C30H50O8. The van der Waals surface area contributed by atoms with E-state index in [0.29, 0.717) is 38.5 Å². The van der Waals surface area contributed by atoms with E-state index in [-0.39, 0.29) is 25.1 Å². The van der Waals surface area contributed by atoms with Crippen molar-refractivity contribution in [3.05, 3.63) is 0 Å². The minimum absolute atomic E-state index is 0.162. The molecule has 4 fully saturated rings. The van der Waals surface area contributed by atoms with E-state index in [0.717, 1.165) is 19.3 Å². The summed E-state index contributed by atoms with van der Waals surface area (Å²) in [6, 6.07) is 0. The summed E-state index contributed by atoms with van der Waals surface area (Å²) in [6.45, 7) is 17.2. The molecule has 0 heterocycles. The van der Waals surface area contributed by atoms with Crippen LogP contribution in [0.25, 0.3) is 0 Å². The second kappa shape index (κ2) is 10.6. The minimum Gasteiger partial charge on any atom is -0.459 e. The summed E-state index contributed by atoms with van der Waals surface area (Å²) in [5, 5.41) is 0. The Labute approximate surface area is 228 Å². The largest absolute Gasteiger partial charge is 0.508 e. The third kappa shape index (κ3) is 7.02. The van der Waals surface area contributed by atoms with Crippen molar-refractivity contribution in [2.75, 3.05) is 13.2 Å². The van der Waals surface area contributed by atoms with Crippen LogP contribution in [0.3, 0.4) is 0 Å². The van der Waals surface area contributed by atoms with Crippen molar-refractivity contribution >= 4 is 18.1 Å². The maximum Gasteiger partial charge on any atom is 0.508 e. The van der Waals surface area contributed by atoms with E-state index in [1.165, 1.54) is 0 Å². The first-order chi connectivity index (χ1) is 17.4. The van der Waals surface area contributed by atoms with Crippen LogP contribution in [0.5, 0.6) is 0 Å². The zero-order valence-electron chi connectivity index (χ0n) is 25.1. The maximum absolute atomic E-state index is 13.3. The SMILES string of the molecule is CCC(C)(C)OC(=O)COC12CC3CC(COC(=O)OC(C)(C)CC)(C1)CC(OC(=O)C(C)(C)CC)(C3)C2. The average molecular weight is 539 g/mol. The third-order valence-corrected chi connectivity index (χ3v) is 9.27. The molecule has 0 saturated heterocycles. The second-order valence-electron chi connectivity index (χ2n) is 14.1. The molecule has 0 N–H and O–H groups in total. The van der Waals surface area contributed by atoms with Gasteiger partial charge in [0.1, 0.15) is 30.0 Å². The minimum atomic E-state index is -0.717. The smallest absolute Gasteiger partial charge is 0.459 e. The van der Waals surface area contributed by atoms with Gasteiger partial charge in [-0.15, -0.1) is 0 Å². The molecule has 4 bridgehead atoms. The molecule has 218 valence electrons. The van der Waals surface area contributed by atoms with E-state index in [1.807, 2.05) is 62.3 Å². The highest BCUT2D eigenvalue weighted by Gasteiger charge is 2.66. The Bertz CT molecular complexity index is 854. The van der Waals surface area contributed by atoms with Crippen LogP contribution in [-0.2, 0) is 33.3 Å². The lowest BCUT2D eigenvalue weighted by molar-refractivity contribution is -0.266. The number of esters is 2. The van der Waals surface area contributed by atoms with Crippen LogP contribution in [0.2, 0.25) is 0 Å². The summed E-state index contributed by atoms with van der Waals surface area (Å²) in [4.78, 5) is 38.5. The Hall–Kier alpha value is -1.83. The van der Waals surface area contributed by atoms with Crippen LogP contribution in [-0.4, -0.2) is 53.7 Å². The summed E-state index contributed by atoms with van der Waals surface area (Å²) in [7, 11) is 0. The number of rotatable bonds is 12. The molecular weight excluding hydrogens is 488 g/mol. The highest BCUT2D eigenvalue weighted by molar-refractivity contribution is 5.76. The quantitative estimate of drug-likeness (QED) is 0.205. The molecule has 38 heavy (non-hydrogen) atoms. The lowest BCUT2D eigenvalue weighted by atomic mass is 9.46. The zero-order chi connectivity index (χ0) is 28.6. The highest BCUT2D eigenvalue weighted by atomic mass is 16.7. The van der Waals surface area contributed by atoms with Gasteiger partial charge in [0.2, 0.25) is 0 Å². The Kier molecular flexibility index (Phi) is 8.59. The highest BCUT2D eigenvalue weighted by Crippen LogP contribution is 2.65. The van der Waals surface area contributed by atoms with Gasteiger partial charge in [0.05, 0.1) is 11.0 Å². The molecule has 0 aromatic heterocycles. The van der Waals surface area contributed by atoms with E-state index in [4.69, 9.17) is 23.7 Å². The fraction of sp³-hybridized carbons (Fsp3) is 0.900. The summed E-state index contributed by atoms with van der Waals surface area (Å²) >= 11 is 0. The Morgan fingerprint density at radius 1 is 0.763 bits per heavy atom. The number of hydrogen-bond donors (Lipinski definition) is 0. The van der Waals surface area contributed by atoms with Crippen molar-refractivity contribution in [3.8, 4) is 0 Å². The molecule has 0 radical (unpaired) electrons. The van der Waals surface area contributed by atoms with E-state index in [2.05, 4.69) is 0 Å². The van der Waals surface area contributed by atoms with Crippen molar-refractivity contribution in [3.63, 3.8) is 0 Å². The first kappa shape index (κ1) is 30.7. The van der Waals surface area contributed by atoms with Crippen LogP contribution >= 0.6 is 0 Å². The summed E-state index contributed by atoms with van der Waals surface area (Å²) in [6.07, 6.45) is 5.49. The van der Waals surface area contributed by atoms with Crippen LogP contribution in [0.4, 0.5) is 4.79 Å². The molecule has 8 heteroatoms. The fourth-order valence-corrected chi connectivity index (χ4v) is 6.53. The first-order valence-corrected chi connectivity index (χ1v) is 14.4. The third-order valence-electron chi connectivity index (χ3n) is 9.27. The Morgan fingerprint density at radius 2 is 1.34 bits per heavy atom. The van der Waals surface area contributed by atoms with Gasteiger partial charge in [0.15, 0.2) is 0 Å². The van der Waals surface area contributed by atoms with Crippen LogP contribution in [0.15, 0.2) is 0 Å². The number of ether oxygens (including phenoxy) is 5. The normalized spacial score (nSPS) is 30.6. The molecule has 0 aromatic rings. The molecule has 0 aliphatic heterocycles. The van der Waals surface area contributed by atoms with Gasteiger partial charge in [0.25, 0.3) is 0 Å². The maximum atomic E-state index is 13.3. The van der Waals surface area contributed by atoms with Crippen molar-refractivity contribution < 1.29 is 38.1 Å². The molecule has 4 unspecified atom stereocenters. The predicted molar refractivity (Wildman–Crippen MR) is 142 cm³/mol. The second-order valence-corrected chi connectivity index (χ2v) is 14.1. The number of carbonyl (C=O) groups is 3. The van der Waals surface area contributed by atoms with Crippen LogP contribution < -0.4 is 0 Å². The lowest BCUT2D eigenvalue weighted by Gasteiger charge is -2.65. The van der Waals surface area contributed by atoms with Crippen LogP contribution in [0, 0.1) is 16.7 Å². The number of carbonyl (C=O) groups excluding carboxylic acids is 3. The monoisotopic (exact) mass is 538 g/mol. The summed E-state index contributed by atoms with van der Waals surface area (Å²) < 4.78 is 29.6. The fourth-order valence-electron chi connectivity index (χ4n) is 6.53. The van der Waals surface area contributed by atoms with Gasteiger partial charge in [-0.1, -0.05) is 20.8 Å². The van der Waals surface area contributed by atoms with Crippen LogP contribution in [0.1, 0.15) is 120 Å². The van der Waals surface area contributed by atoms with Crippen molar-refractivity contribution in [1.29, 1.82) is 0 Å². The van der Waals surface area contributed by atoms with E-state index >= 15 is 0 Å². The van der Waals surface area contributed by atoms with Crippen molar-refractivity contribution in [2.45, 2.75) is 143 Å². The molecule has 0 amide bonds. The van der Waals surface area contributed by atoms with E-state index < -0.39 is 45.4 Å². The Balaban J connectivity index is 1.82. The van der Waals surface area contributed by atoms with E-state index in [1.54, 1.807) is 0 Å². The molecule has 4 atom stereocenters. The standard InChI is InChI=1S/C30H50O8/c1-10-25(4,5)23(32)37-30-15-21-13-28(18-30,20-34-24(33)38-27(8,9)12-3)17-29(14-21,19-30)35-16-22(31)36-26(6,7)11-2/h21H,10-20H2,1-9H3. The molecule has 4 saturated carbocycles. The molecule has 4 aliphatic rings. The molecule has 0 spiro atoms. The molecule has 4 aliphatic carbocycles. The van der Waals surface area contributed by atoms with E-state index in [9.17, 15) is 14.4 Å². The Morgan fingerprint density at radius 3 is 1.95 bits per heavy atom. The topological polar surface area (TPSA) is 97.4 Å². The first-order valence-electron chi connectivity index (χ1n) is 14.4. The van der Waals surface area contributed by atoms with Gasteiger partial charge in [0, 0.05) is 11.8 Å². The molecule has 4 rings (SSSR count). The van der Waals surface area contributed by atoms with Gasteiger partial charge < -0.3 is 23.7 Å². The molecule has 0 aromatic carbocycles. The number of hydrogen-bond acceptors (Lipinski definition) is 8. The van der Waals surface area contributed by atoms with Crippen molar-refractivity contribution in [1.82, 2.24) is 0 Å². The van der Waals surface area contributed by atoms with Crippen molar-refractivity contribution in [2.24, 2.45) is 16.7 Å². The van der Waals surface area contributed by atoms with Gasteiger partial charge in [-0.3, -0.25) is 4.79 Å². The predicted octanol–water partition coefficient (Wildman–Crippen LogP) is 6.52. The van der Waals surface area contributed by atoms with Gasteiger partial charge >= 0.3 is 18.1 Å². The zero-order valence-corrected chi connectivity index (χ0v) is 25.1. The molecule has 8 nitrogen and oxygen atoms in total. The van der Waals surface area contributed by atoms with Gasteiger partial charge in [-0.05, 0) is 98.8 Å². The van der Waals surface area contributed by atoms with Gasteiger partial charge in [-0.2, -0.15) is 0 Å². The summed E-state index contributed by atoms with van der Waals surface area (Å²) in [5.74, 6) is -0.388. The average Bonchev–Trinajstić information content (AvgIpc) is 2.80. The summed E-state index contributed by atoms with van der Waals surface area (Å²) in [5.41, 5.74) is -3.57. The lowest BCUT2D eigenvalue weighted by Crippen LogP contribution is -2.66.